The van der Waals surface area contributed by atoms with Gasteiger partial charge in [0.1, 0.15) is 0 Å². The lowest BCUT2D eigenvalue weighted by molar-refractivity contribution is -0.139. The number of rotatable bonds is 11. The van der Waals surface area contributed by atoms with Gasteiger partial charge >= 0.3 is 5.97 Å². The molecule has 0 aromatic heterocycles. The zero-order chi connectivity index (χ0) is 17.0. The predicted molar refractivity (Wildman–Crippen MR) is 86.8 cm³/mol. The number of ether oxygens (including phenoxy) is 1. The van der Waals surface area contributed by atoms with Crippen LogP contribution in [0, 0.1) is 5.92 Å². The van der Waals surface area contributed by atoms with E-state index in [9.17, 15) is 13.2 Å². The van der Waals surface area contributed by atoms with E-state index in [1.807, 2.05) is 18.7 Å². The fourth-order valence-corrected chi connectivity index (χ4v) is 3.97. The molecule has 2 fully saturated rings. The van der Waals surface area contributed by atoms with E-state index in [-0.39, 0.29) is 37.1 Å². The van der Waals surface area contributed by atoms with E-state index in [4.69, 9.17) is 9.84 Å². The first-order valence-electron chi connectivity index (χ1n) is 8.32. The number of nitrogens with one attached hydrogen (secondary N) is 1. The zero-order valence-electron chi connectivity index (χ0n) is 13.9. The van der Waals surface area contributed by atoms with Crippen LogP contribution in [0.1, 0.15) is 39.5 Å². The summed E-state index contributed by atoms with van der Waals surface area (Å²) in [5, 5.41) is 9.01. The summed E-state index contributed by atoms with van der Waals surface area (Å²) in [6.45, 7) is 4.79. The Kier molecular flexibility index (Phi) is 6.41. The van der Waals surface area contributed by atoms with Crippen LogP contribution in [0.4, 0.5) is 0 Å². The molecule has 7 nitrogen and oxygen atoms in total. The van der Waals surface area contributed by atoms with E-state index < -0.39 is 16.0 Å². The fourth-order valence-electron chi connectivity index (χ4n) is 2.84. The third-order valence-corrected chi connectivity index (χ3v) is 5.70. The van der Waals surface area contributed by atoms with Gasteiger partial charge in [-0.25, -0.2) is 13.1 Å². The molecule has 0 saturated heterocycles. The van der Waals surface area contributed by atoms with Crippen LogP contribution in [0.2, 0.25) is 0 Å². The topological polar surface area (TPSA) is 95.9 Å². The molecule has 0 aromatic rings. The van der Waals surface area contributed by atoms with Crippen molar-refractivity contribution in [1.29, 1.82) is 0 Å². The molecule has 2 rings (SSSR count). The summed E-state index contributed by atoms with van der Waals surface area (Å²) in [7, 11) is -3.33. The number of aliphatic carboxylic acids is 1. The molecule has 0 unspecified atom stereocenters. The Labute approximate surface area is 138 Å². The van der Waals surface area contributed by atoms with E-state index in [1.54, 1.807) is 0 Å². The van der Waals surface area contributed by atoms with E-state index in [2.05, 4.69) is 4.72 Å². The van der Waals surface area contributed by atoms with Gasteiger partial charge in [0.2, 0.25) is 10.0 Å². The van der Waals surface area contributed by atoms with Gasteiger partial charge < -0.3 is 9.84 Å². The molecule has 8 heteroatoms. The van der Waals surface area contributed by atoms with Crippen LogP contribution in [0.25, 0.3) is 0 Å². The fraction of sp³-hybridized carbons (Fsp3) is 0.933. The van der Waals surface area contributed by atoms with Crippen LogP contribution >= 0.6 is 0 Å². The highest BCUT2D eigenvalue weighted by Gasteiger charge is 2.38. The van der Waals surface area contributed by atoms with Gasteiger partial charge in [0.15, 0.2) is 0 Å². The maximum atomic E-state index is 12.0. The quantitative estimate of drug-likeness (QED) is 0.569. The smallest absolute Gasteiger partial charge is 0.317 e. The minimum absolute atomic E-state index is 0.0188. The van der Waals surface area contributed by atoms with Crippen LogP contribution in [-0.4, -0.2) is 68.0 Å². The minimum Gasteiger partial charge on any atom is -0.480 e. The second-order valence-corrected chi connectivity index (χ2v) is 8.82. The summed E-state index contributed by atoms with van der Waals surface area (Å²) >= 11 is 0. The van der Waals surface area contributed by atoms with Crippen LogP contribution in [-0.2, 0) is 19.6 Å². The Bertz CT molecular complexity index is 498. The summed E-state index contributed by atoms with van der Waals surface area (Å²) in [6, 6.07) is 0.0888. The molecule has 0 heterocycles. The third-order valence-electron chi connectivity index (χ3n) is 4.31. The molecule has 23 heavy (non-hydrogen) atoms. The van der Waals surface area contributed by atoms with E-state index >= 15 is 0 Å². The highest BCUT2D eigenvalue weighted by Crippen LogP contribution is 2.33. The summed E-state index contributed by atoms with van der Waals surface area (Å²) in [6.07, 6.45) is 3.74. The summed E-state index contributed by atoms with van der Waals surface area (Å²) in [5.41, 5.74) is 0. The lowest BCUT2D eigenvalue weighted by atomic mass is 9.86. The van der Waals surface area contributed by atoms with E-state index in [0.717, 1.165) is 6.54 Å². The number of nitrogens with zero attached hydrogens (tertiary/aromatic N) is 1. The van der Waals surface area contributed by atoms with Crippen LogP contribution < -0.4 is 4.72 Å². The van der Waals surface area contributed by atoms with Gasteiger partial charge in [0, 0.05) is 18.6 Å². The Morgan fingerprint density at radius 2 is 2.00 bits per heavy atom. The van der Waals surface area contributed by atoms with Crippen molar-refractivity contribution in [3.63, 3.8) is 0 Å². The summed E-state index contributed by atoms with van der Waals surface area (Å²) in [5.74, 6) is -0.230. The average molecular weight is 348 g/mol. The molecule has 0 radical (unpaired) electrons. The van der Waals surface area contributed by atoms with Crippen molar-refractivity contribution in [3.8, 4) is 0 Å². The van der Waals surface area contributed by atoms with Gasteiger partial charge in [0.05, 0.1) is 25.0 Å². The van der Waals surface area contributed by atoms with Gasteiger partial charge in [0.25, 0.3) is 0 Å². The van der Waals surface area contributed by atoms with Crippen molar-refractivity contribution < 1.29 is 23.1 Å². The number of carbonyl (C=O) groups is 1. The monoisotopic (exact) mass is 348 g/mol. The van der Waals surface area contributed by atoms with Gasteiger partial charge in [-0.05, 0) is 45.4 Å². The normalized spacial score (nSPS) is 24.9. The first-order chi connectivity index (χ1) is 10.7. The average Bonchev–Trinajstić information content (AvgIpc) is 3.15. The van der Waals surface area contributed by atoms with Gasteiger partial charge in [-0.3, -0.25) is 9.69 Å². The molecule has 0 bridgehead atoms. The molecule has 2 N–H and O–H groups in total. The number of hydrogen-bond donors (Lipinski definition) is 2. The molecule has 2 aliphatic rings. The lowest BCUT2D eigenvalue weighted by Gasteiger charge is -2.42. The Morgan fingerprint density at radius 1 is 1.35 bits per heavy atom. The molecule has 0 atom stereocenters. The van der Waals surface area contributed by atoms with Crippen molar-refractivity contribution in [1.82, 2.24) is 9.62 Å². The van der Waals surface area contributed by atoms with Gasteiger partial charge in [-0.15, -0.1) is 0 Å². The zero-order valence-corrected chi connectivity index (χ0v) is 14.7. The molecular formula is C15H28N2O5S. The molecule has 0 aromatic carbocycles. The second-order valence-electron chi connectivity index (χ2n) is 6.94. The summed E-state index contributed by atoms with van der Waals surface area (Å²) in [4.78, 5) is 13.0. The van der Waals surface area contributed by atoms with Crippen LogP contribution in [0.3, 0.4) is 0 Å². The van der Waals surface area contributed by atoms with Crippen molar-refractivity contribution in [2.24, 2.45) is 5.92 Å². The number of carboxylic acid groups (broad SMARTS) is 1. The van der Waals surface area contributed by atoms with E-state index in [1.165, 1.54) is 12.8 Å². The number of carboxylic acids is 1. The minimum atomic E-state index is -3.33. The molecule has 134 valence electrons. The second kappa shape index (κ2) is 7.92. The largest absolute Gasteiger partial charge is 0.480 e. The highest BCUT2D eigenvalue weighted by atomic mass is 32.2. The molecule has 2 saturated carbocycles. The van der Waals surface area contributed by atoms with Crippen molar-refractivity contribution >= 4 is 16.0 Å². The predicted octanol–water partition coefficient (Wildman–Crippen LogP) is 0.658. The molecular weight excluding hydrogens is 320 g/mol. The third kappa shape index (κ3) is 6.74. The molecule has 0 amide bonds. The van der Waals surface area contributed by atoms with Crippen molar-refractivity contribution in [3.05, 3.63) is 0 Å². The Morgan fingerprint density at radius 3 is 2.52 bits per heavy atom. The lowest BCUT2D eigenvalue weighted by Crippen LogP contribution is -2.55. The van der Waals surface area contributed by atoms with Gasteiger partial charge in [-0.2, -0.15) is 0 Å². The SMILES string of the molecule is CC(C)OCCS(=O)(=O)NC1CC(N(CC(=O)O)CC2CC2)C1. The molecule has 2 aliphatic carbocycles. The van der Waals surface area contributed by atoms with Crippen LogP contribution in [0.5, 0.6) is 0 Å². The van der Waals surface area contributed by atoms with Gasteiger partial charge in [-0.1, -0.05) is 0 Å². The van der Waals surface area contributed by atoms with Crippen LogP contribution in [0.15, 0.2) is 0 Å². The molecule has 0 aliphatic heterocycles. The standard InChI is InChI=1S/C15H28N2O5S/c1-11(2)22-5-6-23(20,21)16-13-7-14(8-13)17(10-15(18)19)9-12-3-4-12/h11-14,16H,3-10H2,1-2H3,(H,18,19). The van der Waals surface area contributed by atoms with E-state index in [0.29, 0.717) is 18.8 Å². The maximum Gasteiger partial charge on any atom is 0.317 e. The van der Waals surface area contributed by atoms with Crippen molar-refractivity contribution in [2.75, 3.05) is 25.4 Å². The van der Waals surface area contributed by atoms with Crippen molar-refractivity contribution in [2.45, 2.75) is 57.7 Å². The molecule has 0 spiro atoms. The first kappa shape index (κ1) is 18.6. The first-order valence-corrected chi connectivity index (χ1v) is 9.98. The Balaban J connectivity index is 1.72. The maximum absolute atomic E-state index is 12.0. The summed E-state index contributed by atoms with van der Waals surface area (Å²) < 4.78 is 31.9. The number of sulfonamides is 1. The Hall–Kier alpha value is -0.700. The number of hydrogen-bond acceptors (Lipinski definition) is 5. The highest BCUT2D eigenvalue weighted by molar-refractivity contribution is 7.89.